The summed E-state index contributed by atoms with van der Waals surface area (Å²) in [5.41, 5.74) is 11.7. The smallest absolute Gasteiger partial charge is 0.0798 e. The largest absolute Gasteiger partial charge is 0.323 e. The molecule has 0 aliphatic rings. The number of hydrogen-bond acceptors (Lipinski definition) is 3. The molecule has 1 unspecified atom stereocenters. The van der Waals surface area contributed by atoms with Gasteiger partial charge in [-0.05, 0) is 25.8 Å². The maximum atomic E-state index is 6.19. The number of rotatable bonds is 3. The fraction of sp³-hybridized carbons (Fsp3) is 0.308. The Bertz CT molecular complexity index is 476. The summed E-state index contributed by atoms with van der Waals surface area (Å²) < 4.78 is 0. The van der Waals surface area contributed by atoms with Crippen LogP contribution in [0.25, 0.3) is 0 Å². The van der Waals surface area contributed by atoms with Gasteiger partial charge >= 0.3 is 0 Å². The van der Waals surface area contributed by atoms with E-state index in [2.05, 4.69) is 36.2 Å². The molecular formula is C13H16N2S. The van der Waals surface area contributed by atoms with Crippen molar-refractivity contribution < 1.29 is 0 Å². The molecule has 0 saturated carbocycles. The normalized spacial score (nSPS) is 12.7. The van der Waals surface area contributed by atoms with E-state index >= 15 is 0 Å². The zero-order chi connectivity index (χ0) is 11.5. The van der Waals surface area contributed by atoms with Gasteiger partial charge in [-0.15, -0.1) is 11.3 Å². The van der Waals surface area contributed by atoms with Crippen molar-refractivity contribution in [2.24, 2.45) is 5.73 Å². The number of aromatic nitrogens is 1. The van der Waals surface area contributed by atoms with Crippen LogP contribution < -0.4 is 5.73 Å². The Balaban J connectivity index is 2.14. The third-order valence-electron chi connectivity index (χ3n) is 2.66. The van der Waals surface area contributed by atoms with Crippen molar-refractivity contribution in [1.29, 1.82) is 0 Å². The van der Waals surface area contributed by atoms with Crippen LogP contribution in [0.4, 0.5) is 0 Å². The SMILES string of the molecule is Cc1cccc(CC(N)c2scnc2C)c1. The van der Waals surface area contributed by atoms with Crippen molar-refractivity contribution in [2.75, 3.05) is 0 Å². The molecule has 0 fully saturated rings. The zero-order valence-electron chi connectivity index (χ0n) is 9.60. The topological polar surface area (TPSA) is 38.9 Å². The van der Waals surface area contributed by atoms with Crippen molar-refractivity contribution >= 4 is 11.3 Å². The molecule has 2 rings (SSSR count). The lowest BCUT2D eigenvalue weighted by Gasteiger charge is -2.10. The number of nitrogens with zero attached hydrogens (tertiary/aromatic N) is 1. The minimum Gasteiger partial charge on any atom is -0.323 e. The third kappa shape index (κ3) is 2.49. The van der Waals surface area contributed by atoms with Crippen LogP contribution in [-0.2, 0) is 6.42 Å². The molecule has 2 nitrogen and oxygen atoms in total. The molecule has 2 aromatic rings. The molecule has 0 saturated heterocycles. The summed E-state index contributed by atoms with van der Waals surface area (Å²) in [6.45, 7) is 4.12. The predicted molar refractivity (Wildman–Crippen MR) is 68.7 cm³/mol. The van der Waals surface area contributed by atoms with Gasteiger partial charge in [-0.3, -0.25) is 0 Å². The van der Waals surface area contributed by atoms with Gasteiger partial charge in [0, 0.05) is 10.9 Å². The van der Waals surface area contributed by atoms with Crippen LogP contribution in [-0.4, -0.2) is 4.98 Å². The van der Waals surface area contributed by atoms with Gasteiger partial charge in [0.2, 0.25) is 0 Å². The monoisotopic (exact) mass is 232 g/mol. The molecule has 0 bridgehead atoms. The second kappa shape index (κ2) is 4.76. The first kappa shape index (κ1) is 11.3. The summed E-state index contributed by atoms with van der Waals surface area (Å²) >= 11 is 1.64. The molecule has 0 spiro atoms. The van der Waals surface area contributed by atoms with Crippen LogP contribution >= 0.6 is 11.3 Å². The average Bonchev–Trinajstić information content (AvgIpc) is 2.64. The first-order valence-electron chi connectivity index (χ1n) is 5.38. The predicted octanol–water partition coefficient (Wildman–Crippen LogP) is 3.00. The second-order valence-electron chi connectivity index (χ2n) is 4.10. The summed E-state index contributed by atoms with van der Waals surface area (Å²) in [4.78, 5) is 5.43. The molecule has 0 amide bonds. The van der Waals surface area contributed by atoms with Gasteiger partial charge in [-0.25, -0.2) is 4.98 Å². The fourth-order valence-corrected chi connectivity index (χ4v) is 2.66. The summed E-state index contributed by atoms with van der Waals surface area (Å²) in [5, 5.41) is 0. The maximum absolute atomic E-state index is 6.19. The number of thiazole rings is 1. The van der Waals surface area contributed by atoms with Crippen LogP contribution in [0.15, 0.2) is 29.8 Å². The van der Waals surface area contributed by atoms with E-state index in [0.717, 1.165) is 12.1 Å². The van der Waals surface area contributed by atoms with E-state index in [4.69, 9.17) is 5.73 Å². The van der Waals surface area contributed by atoms with Crippen LogP contribution in [0, 0.1) is 13.8 Å². The minimum absolute atomic E-state index is 0.0642. The Labute approximate surface area is 100 Å². The van der Waals surface area contributed by atoms with Gasteiger partial charge < -0.3 is 5.73 Å². The van der Waals surface area contributed by atoms with E-state index in [9.17, 15) is 0 Å². The highest BCUT2D eigenvalue weighted by Gasteiger charge is 2.12. The van der Waals surface area contributed by atoms with Gasteiger partial charge in [0.25, 0.3) is 0 Å². The van der Waals surface area contributed by atoms with Crippen molar-refractivity contribution in [1.82, 2.24) is 4.98 Å². The lowest BCUT2D eigenvalue weighted by Crippen LogP contribution is -2.13. The number of hydrogen-bond donors (Lipinski definition) is 1. The Kier molecular flexibility index (Phi) is 3.36. The van der Waals surface area contributed by atoms with Crippen LogP contribution in [0.3, 0.4) is 0 Å². The lowest BCUT2D eigenvalue weighted by atomic mass is 10.0. The van der Waals surface area contributed by atoms with E-state index in [0.29, 0.717) is 0 Å². The molecule has 1 aromatic heterocycles. The van der Waals surface area contributed by atoms with E-state index < -0.39 is 0 Å². The van der Waals surface area contributed by atoms with Crippen LogP contribution in [0.1, 0.15) is 27.7 Å². The van der Waals surface area contributed by atoms with Gasteiger partial charge in [-0.1, -0.05) is 29.8 Å². The van der Waals surface area contributed by atoms with E-state index in [-0.39, 0.29) is 6.04 Å². The number of benzene rings is 1. The minimum atomic E-state index is 0.0642. The highest BCUT2D eigenvalue weighted by Crippen LogP contribution is 2.23. The van der Waals surface area contributed by atoms with Crippen molar-refractivity contribution in [3.05, 3.63) is 51.5 Å². The summed E-state index contributed by atoms with van der Waals surface area (Å²) in [6, 6.07) is 8.57. The summed E-state index contributed by atoms with van der Waals surface area (Å²) in [5.74, 6) is 0. The molecule has 1 aromatic carbocycles. The van der Waals surface area contributed by atoms with E-state index in [1.54, 1.807) is 11.3 Å². The average molecular weight is 232 g/mol. The van der Waals surface area contributed by atoms with Gasteiger partial charge in [0.05, 0.1) is 11.2 Å². The third-order valence-corrected chi connectivity index (χ3v) is 3.72. The number of aryl methyl sites for hydroxylation is 2. The Morgan fingerprint density at radius 2 is 2.19 bits per heavy atom. The highest BCUT2D eigenvalue weighted by molar-refractivity contribution is 7.09. The van der Waals surface area contributed by atoms with Crippen LogP contribution in [0.2, 0.25) is 0 Å². The molecule has 1 heterocycles. The molecule has 0 radical (unpaired) electrons. The Morgan fingerprint density at radius 1 is 1.38 bits per heavy atom. The van der Waals surface area contributed by atoms with E-state index in [1.165, 1.54) is 16.0 Å². The van der Waals surface area contributed by atoms with Crippen LogP contribution in [0.5, 0.6) is 0 Å². The maximum Gasteiger partial charge on any atom is 0.0798 e. The molecule has 0 aliphatic carbocycles. The molecular weight excluding hydrogens is 216 g/mol. The first-order chi connectivity index (χ1) is 7.66. The summed E-state index contributed by atoms with van der Waals surface area (Å²) in [7, 11) is 0. The second-order valence-corrected chi connectivity index (χ2v) is 4.99. The molecule has 84 valence electrons. The van der Waals surface area contributed by atoms with Gasteiger partial charge in [0.15, 0.2) is 0 Å². The first-order valence-corrected chi connectivity index (χ1v) is 6.26. The summed E-state index contributed by atoms with van der Waals surface area (Å²) in [6.07, 6.45) is 0.880. The quantitative estimate of drug-likeness (QED) is 0.883. The molecule has 1 atom stereocenters. The zero-order valence-corrected chi connectivity index (χ0v) is 10.4. The van der Waals surface area contributed by atoms with Crippen molar-refractivity contribution in [2.45, 2.75) is 26.3 Å². The van der Waals surface area contributed by atoms with E-state index in [1.807, 2.05) is 12.4 Å². The molecule has 3 heteroatoms. The van der Waals surface area contributed by atoms with Crippen molar-refractivity contribution in [3.8, 4) is 0 Å². The molecule has 0 aliphatic heterocycles. The molecule has 2 N–H and O–H groups in total. The molecule has 16 heavy (non-hydrogen) atoms. The standard InChI is InChI=1S/C13H16N2S/c1-9-4-3-5-11(6-9)7-12(14)13-10(2)15-8-16-13/h3-6,8,12H,7,14H2,1-2H3. The van der Waals surface area contributed by atoms with Crippen molar-refractivity contribution in [3.63, 3.8) is 0 Å². The highest BCUT2D eigenvalue weighted by atomic mass is 32.1. The van der Waals surface area contributed by atoms with Gasteiger partial charge in [0.1, 0.15) is 0 Å². The Hall–Kier alpha value is -1.19. The van der Waals surface area contributed by atoms with Gasteiger partial charge in [-0.2, -0.15) is 0 Å². The Morgan fingerprint density at radius 3 is 2.81 bits per heavy atom. The number of nitrogens with two attached hydrogens (primary N) is 1. The fourth-order valence-electron chi connectivity index (χ4n) is 1.85. The lowest BCUT2D eigenvalue weighted by molar-refractivity contribution is 0.728.